The number of para-hydroxylation sites is 1. The first kappa shape index (κ1) is 18.7. The van der Waals surface area contributed by atoms with Gasteiger partial charge in [-0.05, 0) is 48.6 Å². The van der Waals surface area contributed by atoms with E-state index in [1.807, 2.05) is 5.92 Å². The van der Waals surface area contributed by atoms with Crippen molar-refractivity contribution in [3.05, 3.63) is 53.6 Å². The smallest absolute Gasteiger partial charge is 0.325 e. The number of aromatic nitrogens is 2. The number of hydrogen-bond acceptors (Lipinski definition) is 4. The van der Waals surface area contributed by atoms with Crippen molar-refractivity contribution in [2.75, 3.05) is 16.8 Å². The number of aryl methyl sites for hydroxylation is 1. The van der Waals surface area contributed by atoms with E-state index >= 15 is 0 Å². The standard InChI is InChI=1S/C21H15F3N4O/c1-2-18(29)26-20-25-16-8-4-3-7-15(16)19(27-20)28-11-5-6-13-9-10-14(12-17(13)28)21(22,23)24/h1,3-4,7-10,12H,5-6,11H2,(H,25,26,27,29). The third-order valence-electron chi connectivity index (χ3n) is 4.73. The molecule has 0 fully saturated rings. The van der Waals surface area contributed by atoms with Gasteiger partial charge >= 0.3 is 12.1 Å². The lowest BCUT2D eigenvalue weighted by Gasteiger charge is -2.32. The maximum absolute atomic E-state index is 13.3. The zero-order chi connectivity index (χ0) is 20.6. The summed E-state index contributed by atoms with van der Waals surface area (Å²) in [7, 11) is 0. The fourth-order valence-corrected chi connectivity index (χ4v) is 3.43. The van der Waals surface area contributed by atoms with Crippen molar-refractivity contribution in [2.45, 2.75) is 19.0 Å². The minimum Gasteiger partial charge on any atom is -0.325 e. The van der Waals surface area contributed by atoms with Crippen LogP contribution in [-0.2, 0) is 17.4 Å². The Hall–Kier alpha value is -3.60. The van der Waals surface area contributed by atoms with Crippen LogP contribution in [-0.4, -0.2) is 22.4 Å². The summed E-state index contributed by atoms with van der Waals surface area (Å²) in [6.07, 6.45) is 2.08. The van der Waals surface area contributed by atoms with Crippen LogP contribution < -0.4 is 10.2 Å². The van der Waals surface area contributed by atoms with Crippen molar-refractivity contribution in [3.8, 4) is 12.3 Å². The second kappa shape index (κ2) is 7.09. The molecule has 146 valence electrons. The molecule has 2 aromatic carbocycles. The average Bonchev–Trinajstić information content (AvgIpc) is 2.71. The molecule has 0 radical (unpaired) electrons. The molecular weight excluding hydrogens is 381 g/mol. The van der Waals surface area contributed by atoms with E-state index in [4.69, 9.17) is 6.42 Å². The van der Waals surface area contributed by atoms with Crippen LogP contribution in [0.3, 0.4) is 0 Å². The van der Waals surface area contributed by atoms with Crippen molar-refractivity contribution in [1.82, 2.24) is 9.97 Å². The number of anilines is 3. The molecule has 4 rings (SSSR count). The van der Waals surface area contributed by atoms with Gasteiger partial charge in [0.1, 0.15) is 5.82 Å². The second-order valence-electron chi connectivity index (χ2n) is 6.58. The van der Waals surface area contributed by atoms with Crippen LogP contribution in [0.2, 0.25) is 0 Å². The number of carbonyl (C=O) groups excluding carboxylic acids is 1. The Morgan fingerprint density at radius 1 is 1.17 bits per heavy atom. The molecule has 0 bridgehead atoms. The number of alkyl halides is 3. The van der Waals surface area contributed by atoms with E-state index in [0.717, 1.165) is 24.1 Å². The number of amides is 1. The minimum absolute atomic E-state index is 0.000694. The largest absolute Gasteiger partial charge is 0.416 e. The summed E-state index contributed by atoms with van der Waals surface area (Å²) >= 11 is 0. The highest BCUT2D eigenvalue weighted by Crippen LogP contribution is 2.40. The lowest BCUT2D eigenvalue weighted by molar-refractivity contribution is -0.137. The molecule has 1 aliphatic rings. The first-order valence-electron chi connectivity index (χ1n) is 8.89. The predicted molar refractivity (Wildman–Crippen MR) is 104 cm³/mol. The first-order chi connectivity index (χ1) is 13.9. The molecule has 29 heavy (non-hydrogen) atoms. The molecule has 8 heteroatoms. The Bertz CT molecular complexity index is 1150. The summed E-state index contributed by atoms with van der Waals surface area (Å²) in [6, 6.07) is 10.9. The van der Waals surface area contributed by atoms with Gasteiger partial charge in [-0.25, -0.2) is 4.98 Å². The van der Waals surface area contributed by atoms with E-state index in [9.17, 15) is 18.0 Å². The van der Waals surface area contributed by atoms with Gasteiger partial charge in [-0.1, -0.05) is 18.2 Å². The van der Waals surface area contributed by atoms with Crippen molar-refractivity contribution in [2.24, 2.45) is 0 Å². The Labute approximate surface area is 164 Å². The van der Waals surface area contributed by atoms with Crippen molar-refractivity contribution in [1.29, 1.82) is 0 Å². The highest BCUT2D eigenvalue weighted by molar-refractivity contribution is 6.03. The number of nitrogens with zero attached hydrogens (tertiary/aromatic N) is 3. The fraction of sp³-hybridized carbons (Fsp3) is 0.190. The predicted octanol–water partition coefficient (Wildman–Crippen LogP) is 4.30. The highest BCUT2D eigenvalue weighted by Gasteiger charge is 2.33. The molecule has 1 amide bonds. The van der Waals surface area contributed by atoms with E-state index < -0.39 is 17.6 Å². The summed E-state index contributed by atoms with van der Waals surface area (Å²) in [5.41, 5.74) is 1.08. The first-order valence-corrected chi connectivity index (χ1v) is 8.89. The van der Waals surface area contributed by atoms with Gasteiger partial charge < -0.3 is 4.90 Å². The van der Waals surface area contributed by atoms with Gasteiger partial charge in [0, 0.05) is 17.6 Å². The topological polar surface area (TPSA) is 58.1 Å². The third-order valence-corrected chi connectivity index (χ3v) is 4.73. The van der Waals surface area contributed by atoms with E-state index in [1.54, 1.807) is 29.2 Å². The lowest BCUT2D eigenvalue weighted by Crippen LogP contribution is -2.27. The molecule has 5 nitrogen and oxygen atoms in total. The monoisotopic (exact) mass is 396 g/mol. The Kier molecular flexibility index (Phi) is 4.59. The minimum atomic E-state index is -4.45. The summed E-state index contributed by atoms with van der Waals surface area (Å²) in [5, 5.41) is 3.08. The van der Waals surface area contributed by atoms with Gasteiger partial charge in [0.15, 0.2) is 0 Å². The van der Waals surface area contributed by atoms with Crippen LogP contribution in [0.5, 0.6) is 0 Å². The Balaban J connectivity index is 1.89. The normalized spacial score (nSPS) is 13.7. The molecule has 1 N–H and O–H groups in total. The highest BCUT2D eigenvalue weighted by atomic mass is 19.4. The van der Waals surface area contributed by atoms with Gasteiger partial charge in [-0.3, -0.25) is 10.1 Å². The molecule has 0 saturated heterocycles. The van der Waals surface area contributed by atoms with Crippen LogP contribution in [0.25, 0.3) is 10.9 Å². The number of halogens is 3. The molecule has 1 aromatic heterocycles. The second-order valence-corrected chi connectivity index (χ2v) is 6.58. The summed E-state index contributed by atoms with van der Waals surface area (Å²) in [6.45, 7) is 0.484. The SMILES string of the molecule is C#CC(=O)Nc1nc(N2CCCc3ccc(C(F)(F)F)cc32)c2ccccc2n1. The fourth-order valence-electron chi connectivity index (χ4n) is 3.43. The number of nitrogens with one attached hydrogen (secondary N) is 1. The maximum atomic E-state index is 13.3. The molecule has 1 aliphatic heterocycles. The van der Waals surface area contributed by atoms with E-state index in [1.165, 1.54) is 6.07 Å². The molecule has 0 unspecified atom stereocenters. The van der Waals surface area contributed by atoms with E-state index in [-0.39, 0.29) is 5.95 Å². The summed E-state index contributed by atoms with van der Waals surface area (Å²) in [4.78, 5) is 22.0. The molecule has 0 aliphatic carbocycles. The van der Waals surface area contributed by atoms with E-state index in [0.29, 0.717) is 35.4 Å². The van der Waals surface area contributed by atoms with E-state index in [2.05, 4.69) is 15.3 Å². The number of terminal acetylenes is 1. The molecule has 3 aromatic rings. The van der Waals surface area contributed by atoms with Crippen LogP contribution in [0.15, 0.2) is 42.5 Å². The Morgan fingerprint density at radius 2 is 1.97 bits per heavy atom. The van der Waals surface area contributed by atoms with Crippen LogP contribution in [0.4, 0.5) is 30.6 Å². The summed E-state index contributed by atoms with van der Waals surface area (Å²) < 4.78 is 39.8. The van der Waals surface area contributed by atoms with Crippen molar-refractivity contribution >= 4 is 34.3 Å². The molecule has 0 spiro atoms. The van der Waals surface area contributed by atoms with Gasteiger partial charge in [0.05, 0.1) is 11.1 Å². The molecular formula is C21H15F3N4O. The quantitative estimate of drug-likeness (QED) is 0.656. The lowest BCUT2D eigenvalue weighted by atomic mass is 9.99. The average molecular weight is 396 g/mol. The van der Waals surface area contributed by atoms with Gasteiger partial charge in [0.25, 0.3) is 0 Å². The van der Waals surface area contributed by atoms with Gasteiger partial charge in [-0.15, -0.1) is 6.42 Å². The van der Waals surface area contributed by atoms with Gasteiger partial charge in [0.2, 0.25) is 5.95 Å². The van der Waals surface area contributed by atoms with Crippen molar-refractivity contribution < 1.29 is 18.0 Å². The third kappa shape index (κ3) is 3.59. The maximum Gasteiger partial charge on any atom is 0.416 e. The van der Waals surface area contributed by atoms with Crippen LogP contribution >= 0.6 is 0 Å². The zero-order valence-electron chi connectivity index (χ0n) is 15.1. The molecule has 0 saturated carbocycles. The number of benzene rings is 2. The van der Waals surface area contributed by atoms with Gasteiger partial charge in [-0.2, -0.15) is 18.2 Å². The molecule has 0 atom stereocenters. The van der Waals surface area contributed by atoms with Crippen molar-refractivity contribution in [3.63, 3.8) is 0 Å². The number of rotatable bonds is 2. The Morgan fingerprint density at radius 3 is 2.72 bits per heavy atom. The number of carbonyl (C=O) groups is 1. The van der Waals surface area contributed by atoms with Crippen LogP contribution in [0, 0.1) is 12.3 Å². The molecule has 2 heterocycles. The number of hydrogen-bond donors (Lipinski definition) is 1. The van der Waals surface area contributed by atoms with Crippen LogP contribution in [0.1, 0.15) is 17.5 Å². The summed E-state index contributed by atoms with van der Waals surface area (Å²) in [5.74, 6) is 1.65. The number of fused-ring (bicyclic) bond motifs is 2. The zero-order valence-corrected chi connectivity index (χ0v) is 15.1.